The van der Waals surface area contributed by atoms with Crippen molar-refractivity contribution in [3.8, 4) is 5.75 Å². The van der Waals surface area contributed by atoms with Crippen molar-refractivity contribution >= 4 is 5.69 Å². The van der Waals surface area contributed by atoms with Crippen molar-refractivity contribution in [3.63, 3.8) is 0 Å². The summed E-state index contributed by atoms with van der Waals surface area (Å²) in [6.07, 6.45) is 1.85. The molecule has 0 aliphatic carbocycles. The number of aromatic nitrogens is 1. The second-order valence-corrected chi connectivity index (χ2v) is 4.91. The fourth-order valence-corrected chi connectivity index (χ4v) is 2.22. The summed E-state index contributed by atoms with van der Waals surface area (Å²) in [7, 11) is 0. The number of ether oxygens (including phenoxy) is 1. The lowest BCUT2D eigenvalue weighted by Gasteiger charge is -2.17. The van der Waals surface area contributed by atoms with Crippen molar-refractivity contribution in [2.45, 2.75) is 33.4 Å². The molecule has 0 fully saturated rings. The molecule has 4 heteroatoms. The molecule has 0 saturated heterocycles. The highest BCUT2D eigenvalue weighted by Gasteiger charge is 2.06. The Labute approximate surface area is 125 Å². The Morgan fingerprint density at radius 2 is 1.86 bits per heavy atom. The zero-order valence-corrected chi connectivity index (χ0v) is 12.8. The van der Waals surface area contributed by atoms with E-state index in [2.05, 4.69) is 24.4 Å². The van der Waals surface area contributed by atoms with Gasteiger partial charge in [-0.3, -0.25) is 4.79 Å². The van der Waals surface area contributed by atoms with Crippen molar-refractivity contribution < 1.29 is 4.74 Å². The average molecular weight is 286 g/mol. The van der Waals surface area contributed by atoms with Crippen LogP contribution in [0.4, 0.5) is 5.69 Å². The molecule has 0 aliphatic rings. The molecule has 21 heavy (non-hydrogen) atoms. The molecule has 1 atom stereocenters. The van der Waals surface area contributed by atoms with Gasteiger partial charge in [-0.25, -0.2) is 0 Å². The van der Waals surface area contributed by atoms with Crippen LogP contribution >= 0.6 is 0 Å². The van der Waals surface area contributed by atoms with Crippen LogP contribution in [0.25, 0.3) is 0 Å². The number of rotatable bonds is 6. The van der Waals surface area contributed by atoms with Gasteiger partial charge >= 0.3 is 0 Å². The molecule has 0 radical (unpaired) electrons. The van der Waals surface area contributed by atoms with E-state index in [0.717, 1.165) is 11.4 Å². The minimum Gasteiger partial charge on any atom is -0.494 e. The van der Waals surface area contributed by atoms with Crippen molar-refractivity contribution in [1.29, 1.82) is 0 Å². The standard InChI is InChI=1S/C17H22N2O2/c1-4-19-12-15(8-11-17(19)20)18-13(3)14-6-9-16(10-7-14)21-5-2/h6-13,18H,4-5H2,1-3H3. The third-order valence-electron chi connectivity index (χ3n) is 3.40. The highest BCUT2D eigenvalue weighted by atomic mass is 16.5. The first-order valence-corrected chi connectivity index (χ1v) is 7.33. The van der Waals surface area contributed by atoms with E-state index in [1.807, 2.05) is 38.2 Å². The van der Waals surface area contributed by atoms with E-state index in [0.29, 0.717) is 13.2 Å². The molecule has 4 nitrogen and oxygen atoms in total. The smallest absolute Gasteiger partial charge is 0.250 e. The van der Waals surface area contributed by atoms with Gasteiger partial charge in [0.15, 0.2) is 0 Å². The van der Waals surface area contributed by atoms with E-state index in [4.69, 9.17) is 4.74 Å². The van der Waals surface area contributed by atoms with Crippen LogP contribution in [-0.2, 0) is 6.54 Å². The molecule has 0 amide bonds. The third-order valence-corrected chi connectivity index (χ3v) is 3.40. The second kappa shape index (κ2) is 6.97. The Morgan fingerprint density at radius 3 is 2.48 bits per heavy atom. The quantitative estimate of drug-likeness (QED) is 0.884. The van der Waals surface area contributed by atoms with Gasteiger partial charge in [0.25, 0.3) is 5.56 Å². The van der Waals surface area contributed by atoms with Crippen LogP contribution in [0.5, 0.6) is 5.75 Å². The van der Waals surface area contributed by atoms with Gasteiger partial charge in [-0.1, -0.05) is 12.1 Å². The number of aryl methyl sites for hydroxylation is 1. The largest absolute Gasteiger partial charge is 0.494 e. The first-order valence-electron chi connectivity index (χ1n) is 7.33. The second-order valence-electron chi connectivity index (χ2n) is 4.91. The maximum absolute atomic E-state index is 11.6. The molecular formula is C17H22N2O2. The van der Waals surface area contributed by atoms with Gasteiger partial charge in [0.2, 0.25) is 0 Å². The van der Waals surface area contributed by atoms with E-state index >= 15 is 0 Å². The van der Waals surface area contributed by atoms with Crippen LogP contribution in [0.3, 0.4) is 0 Å². The fraction of sp³-hybridized carbons (Fsp3) is 0.353. The number of pyridine rings is 1. The topological polar surface area (TPSA) is 43.3 Å². The Kier molecular flexibility index (Phi) is 5.04. The minimum atomic E-state index is 0.0248. The molecule has 112 valence electrons. The maximum Gasteiger partial charge on any atom is 0.250 e. The van der Waals surface area contributed by atoms with Crippen LogP contribution in [0.2, 0.25) is 0 Å². The molecule has 1 N–H and O–H groups in total. The summed E-state index contributed by atoms with van der Waals surface area (Å²) in [5.41, 5.74) is 2.14. The number of nitrogens with one attached hydrogen (secondary N) is 1. The molecule has 2 aromatic rings. The Bertz CT molecular complexity index is 632. The Hall–Kier alpha value is -2.23. The van der Waals surface area contributed by atoms with Gasteiger partial charge in [0, 0.05) is 24.8 Å². The maximum atomic E-state index is 11.6. The molecule has 0 saturated carbocycles. The molecule has 2 rings (SSSR count). The molecule has 0 aliphatic heterocycles. The zero-order chi connectivity index (χ0) is 15.2. The van der Waals surface area contributed by atoms with Gasteiger partial charge in [0.1, 0.15) is 5.75 Å². The van der Waals surface area contributed by atoms with Crippen molar-refractivity contribution in [3.05, 3.63) is 58.5 Å². The summed E-state index contributed by atoms with van der Waals surface area (Å²) in [4.78, 5) is 11.6. The number of hydrogen-bond donors (Lipinski definition) is 1. The Balaban J connectivity index is 2.10. The summed E-state index contributed by atoms with van der Waals surface area (Å²) in [5, 5.41) is 3.41. The first-order chi connectivity index (χ1) is 10.1. The molecule has 1 aromatic heterocycles. The summed E-state index contributed by atoms with van der Waals surface area (Å²) in [6, 6.07) is 11.6. The molecular weight excluding hydrogens is 264 g/mol. The summed E-state index contributed by atoms with van der Waals surface area (Å²) >= 11 is 0. The summed E-state index contributed by atoms with van der Waals surface area (Å²) in [6.45, 7) is 7.37. The number of anilines is 1. The lowest BCUT2D eigenvalue weighted by Crippen LogP contribution is -2.18. The Morgan fingerprint density at radius 1 is 1.14 bits per heavy atom. The highest BCUT2D eigenvalue weighted by Crippen LogP contribution is 2.21. The fourth-order valence-electron chi connectivity index (χ4n) is 2.22. The van der Waals surface area contributed by atoms with Crippen LogP contribution in [0.1, 0.15) is 32.4 Å². The van der Waals surface area contributed by atoms with Gasteiger partial charge in [0.05, 0.1) is 12.3 Å². The predicted octanol–water partition coefficient (Wildman–Crippen LogP) is 3.44. The van der Waals surface area contributed by atoms with E-state index < -0.39 is 0 Å². The zero-order valence-electron chi connectivity index (χ0n) is 12.8. The molecule has 1 heterocycles. The van der Waals surface area contributed by atoms with E-state index in [1.54, 1.807) is 10.6 Å². The van der Waals surface area contributed by atoms with E-state index in [-0.39, 0.29) is 11.6 Å². The van der Waals surface area contributed by atoms with Gasteiger partial charge in [-0.2, -0.15) is 0 Å². The number of hydrogen-bond acceptors (Lipinski definition) is 3. The molecule has 0 spiro atoms. The van der Waals surface area contributed by atoms with Crippen molar-refractivity contribution in [2.24, 2.45) is 0 Å². The summed E-state index contributed by atoms with van der Waals surface area (Å²) < 4.78 is 7.13. The highest BCUT2D eigenvalue weighted by molar-refractivity contribution is 5.43. The van der Waals surface area contributed by atoms with Crippen molar-refractivity contribution in [1.82, 2.24) is 4.57 Å². The predicted molar refractivity (Wildman–Crippen MR) is 86.0 cm³/mol. The summed E-state index contributed by atoms with van der Waals surface area (Å²) in [5.74, 6) is 0.882. The normalized spacial score (nSPS) is 12.0. The minimum absolute atomic E-state index is 0.0248. The van der Waals surface area contributed by atoms with E-state index in [1.165, 1.54) is 5.56 Å². The molecule has 1 aromatic carbocycles. The van der Waals surface area contributed by atoms with Gasteiger partial charge in [-0.15, -0.1) is 0 Å². The monoisotopic (exact) mass is 286 g/mol. The number of benzene rings is 1. The van der Waals surface area contributed by atoms with E-state index in [9.17, 15) is 4.79 Å². The van der Waals surface area contributed by atoms with Crippen LogP contribution in [0.15, 0.2) is 47.4 Å². The van der Waals surface area contributed by atoms with Crippen molar-refractivity contribution in [2.75, 3.05) is 11.9 Å². The van der Waals surface area contributed by atoms with Crippen LogP contribution in [-0.4, -0.2) is 11.2 Å². The number of nitrogens with zero attached hydrogens (tertiary/aromatic N) is 1. The van der Waals surface area contributed by atoms with Gasteiger partial charge in [-0.05, 0) is 44.5 Å². The van der Waals surface area contributed by atoms with Crippen LogP contribution < -0.4 is 15.6 Å². The first kappa shape index (κ1) is 15.2. The van der Waals surface area contributed by atoms with Crippen LogP contribution in [0, 0.1) is 0 Å². The average Bonchev–Trinajstić information content (AvgIpc) is 2.50. The third kappa shape index (κ3) is 3.88. The lowest BCUT2D eigenvalue weighted by molar-refractivity contribution is 0.340. The van der Waals surface area contributed by atoms with Gasteiger partial charge < -0.3 is 14.6 Å². The molecule has 1 unspecified atom stereocenters. The lowest BCUT2D eigenvalue weighted by atomic mass is 10.1. The SMILES string of the molecule is CCOc1ccc(C(C)Nc2ccc(=O)n(CC)c2)cc1. The molecule has 0 bridgehead atoms.